The number of hydrogen-bond donors (Lipinski definition) is 2. The highest BCUT2D eigenvalue weighted by Gasteiger charge is 2.14. The van der Waals surface area contributed by atoms with Gasteiger partial charge in [0, 0.05) is 12.3 Å². The molecule has 98 valence electrons. The summed E-state index contributed by atoms with van der Waals surface area (Å²) in [6.07, 6.45) is 1.25. The van der Waals surface area contributed by atoms with Gasteiger partial charge in [-0.3, -0.25) is 0 Å². The molecule has 0 aliphatic carbocycles. The number of benzene rings is 1. The van der Waals surface area contributed by atoms with Crippen LogP contribution in [0.25, 0.3) is 0 Å². The SMILES string of the molecule is Nc1c(C(=O)O)ccnc1Oc1ccc(Br)c(F)c1. The Kier molecular flexibility index (Phi) is 3.66. The van der Waals surface area contributed by atoms with Crippen molar-refractivity contribution in [2.45, 2.75) is 0 Å². The summed E-state index contributed by atoms with van der Waals surface area (Å²) in [6, 6.07) is 5.36. The van der Waals surface area contributed by atoms with Crippen LogP contribution in [0.2, 0.25) is 0 Å². The van der Waals surface area contributed by atoms with Crippen LogP contribution in [-0.4, -0.2) is 16.1 Å². The minimum atomic E-state index is -1.19. The molecule has 1 aromatic heterocycles. The second kappa shape index (κ2) is 5.23. The lowest BCUT2D eigenvalue weighted by Gasteiger charge is -2.09. The predicted molar refractivity (Wildman–Crippen MR) is 69.8 cm³/mol. The Morgan fingerprint density at radius 2 is 2.16 bits per heavy atom. The Labute approximate surface area is 116 Å². The Balaban J connectivity index is 2.35. The van der Waals surface area contributed by atoms with Gasteiger partial charge in [-0.15, -0.1) is 0 Å². The van der Waals surface area contributed by atoms with Gasteiger partial charge in [0.15, 0.2) is 0 Å². The number of pyridine rings is 1. The number of nitrogen functional groups attached to an aromatic ring is 1. The molecule has 0 bridgehead atoms. The summed E-state index contributed by atoms with van der Waals surface area (Å²) in [4.78, 5) is 14.7. The van der Waals surface area contributed by atoms with Crippen molar-refractivity contribution in [3.05, 3.63) is 46.3 Å². The van der Waals surface area contributed by atoms with E-state index in [4.69, 9.17) is 15.6 Å². The van der Waals surface area contributed by atoms with Gasteiger partial charge >= 0.3 is 5.97 Å². The van der Waals surface area contributed by atoms with Crippen molar-refractivity contribution >= 4 is 27.6 Å². The number of aromatic carboxylic acids is 1. The molecule has 0 fully saturated rings. The number of anilines is 1. The van der Waals surface area contributed by atoms with E-state index in [2.05, 4.69) is 20.9 Å². The molecular formula is C12H8BrFN2O3. The molecule has 0 spiro atoms. The van der Waals surface area contributed by atoms with Crippen LogP contribution in [0.3, 0.4) is 0 Å². The van der Waals surface area contributed by atoms with E-state index in [1.165, 1.54) is 24.4 Å². The number of carboxylic acids is 1. The summed E-state index contributed by atoms with van der Waals surface area (Å²) in [5.41, 5.74) is 5.39. The maximum Gasteiger partial charge on any atom is 0.338 e. The van der Waals surface area contributed by atoms with Gasteiger partial charge in [-0.2, -0.15) is 0 Å². The third-order valence-electron chi connectivity index (χ3n) is 2.29. The third-order valence-corrected chi connectivity index (χ3v) is 2.93. The van der Waals surface area contributed by atoms with Gasteiger partial charge in [0.05, 0.1) is 10.0 Å². The zero-order chi connectivity index (χ0) is 14.0. The Morgan fingerprint density at radius 3 is 2.79 bits per heavy atom. The van der Waals surface area contributed by atoms with Crippen molar-refractivity contribution in [1.82, 2.24) is 4.98 Å². The van der Waals surface area contributed by atoms with Gasteiger partial charge in [0.1, 0.15) is 17.3 Å². The number of aromatic nitrogens is 1. The quantitative estimate of drug-likeness (QED) is 0.905. The van der Waals surface area contributed by atoms with Crippen molar-refractivity contribution in [2.24, 2.45) is 0 Å². The first-order valence-electron chi connectivity index (χ1n) is 5.09. The zero-order valence-electron chi connectivity index (χ0n) is 9.43. The third kappa shape index (κ3) is 2.82. The van der Waals surface area contributed by atoms with E-state index >= 15 is 0 Å². The second-order valence-corrected chi connectivity index (χ2v) is 4.41. The highest BCUT2D eigenvalue weighted by atomic mass is 79.9. The second-order valence-electron chi connectivity index (χ2n) is 3.56. The number of carbonyl (C=O) groups is 1. The normalized spacial score (nSPS) is 10.2. The maximum absolute atomic E-state index is 13.3. The fourth-order valence-electron chi connectivity index (χ4n) is 1.37. The van der Waals surface area contributed by atoms with Crippen LogP contribution < -0.4 is 10.5 Å². The van der Waals surface area contributed by atoms with Gasteiger partial charge in [-0.05, 0) is 34.1 Å². The predicted octanol–water partition coefficient (Wildman–Crippen LogP) is 3.06. The van der Waals surface area contributed by atoms with Crippen LogP contribution in [0.5, 0.6) is 11.6 Å². The lowest BCUT2D eigenvalue weighted by molar-refractivity contribution is 0.0697. The van der Waals surface area contributed by atoms with Crippen LogP contribution in [0.1, 0.15) is 10.4 Å². The van der Waals surface area contributed by atoms with Gasteiger partial charge in [0.2, 0.25) is 5.88 Å². The standard InChI is InChI=1S/C12H8BrFN2O3/c13-8-2-1-6(5-9(8)14)19-11-10(15)7(12(17)18)3-4-16-11/h1-5H,15H2,(H,17,18). The molecule has 0 aliphatic heterocycles. The molecule has 1 heterocycles. The molecule has 0 aliphatic rings. The van der Waals surface area contributed by atoms with E-state index in [0.29, 0.717) is 4.47 Å². The highest BCUT2D eigenvalue weighted by Crippen LogP contribution is 2.29. The molecule has 0 saturated heterocycles. The summed E-state index contributed by atoms with van der Waals surface area (Å²) in [6.45, 7) is 0. The number of carboxylic acid groups (broad SMARTS) is 1. The molecule has 19 heavy (non-hydrogen) atoms. The molecule has 1 aromatic carbocycles. The van der Waals surface area contributed by atoms with E-state index < -0.39 is 11.8 Å². The first kappa shape index (κ1) is 13.3. The highest BCUT2D eigenvalue weighted by molar-refractivity contribution is 9.10. The van der Waals surface area contributed by atoms with Crippen LogP contribution in [0.4, 0.5) is 10.1 Å². The lowest BCUT2D eigenvalue weighted by atomic mass is 10.2. The summed E-state index contributed by atoms with van der Waals surface area (Å²) < 4.78 is 18.9. The molecule has 3 N–H and O–H groups in total. The Morgan fingerprint density at radius 1 is 1.42 bits per heavy atom. The first-order valence-corrected chi connectivity index (χ1v) is 5.89. The molecule has 5 nitrogen and oxygen atoms in total. The molecule has 0 radical (unpaired) electrons. The van der Waals surface area contributed by atoms with E-state index in [0.717, 1.165) is 6.07 Å². The van der Waals surface area contributed by atoms with Gasteiger partial charge in [-0.25, -0.2) is 14.2 Å². The molecular weight excluding hydrogens is 319 g/mol. The Bertz CT molecular complexity index is 649. The average molecular weight is 327 g/mol. The van der Waals surface area contributed by atoms with Crippen molar-refractivity contribution < 1.29 is 19.0 Å². The van der Waals surface area contributed by atoms with Crippen LogP contribution in [0, 0.1) is 5.82 Å². The minimum absolute atomic E-state index is 0.0818. The minimum Gasteiger partial charge on any atom is -0.478 e. The molecule has 2 aromatic rings. The van der Waals surface area contributed by atoms with Gasteiger partial charge < -0.3 is 15.6 Å². The molecule has 0 amide bonds. The topological polar surface area (TPSA) is 85.4 Å². The Hall–Kier alpha value is -2.15. The lowest BCUT2D eigenvalue weighted by Crippen LogP contribution is -2.05. The number of ether oxygens (including phenoxy) is 1. The summed E-state index contributed by atoms with van der Waals surface area (Å²) in [5, 5.41) is 8.91. The number of rotatable bonds is 3. The van der Waals surface area contributed by atoms with Crippen LogP contribution in [-0.2, 0) is 0 Å². The maximum atomic E-state index is 13.3. The molecule has 7 heteroatoms. The van der Waals surface area contributed by atoms with Crippen molar-refractivity contribution in [3.8, 4) is 11.6 Å². The number of hydrogen-bond acceptors (Lipinski definition) is 4. The van der Waals surface area contributed by atoms with Crippen LogP contribution in [0.15, 0.2) is 34.9 Å². The first-order chi connectivity index (χ1) is 8.99. The molecule has 0 unspecified atom stereocenters. The van der Waals surface area contributed by atoms with E-state index in [1.54, 1.807) is 0 Å². The van der Waals surface area contributed by atoms with Crippen LogP contribution >= 0.6 is 15.9 Å². The zero-order valence-corrected chi connectivity index (χ0v) is 11.0. The van der Waals surface area contributed by atoms with Crippen molar-refractivity contribution in [1.29, 1.82) is 0 Å². The smallest absolute Gasteiger partial charge is 0.338 e. The van der Waals surface area contributed by atoms with E-state index in [9.17, 15) is 9.18 Å². The summed E-state index contributed by atoms with van der Waals surface area (Å²) >= 11 is 3.01. The fourth-order valence-corrected chi connectivity index (χ4v) is 1.62. The van der Waals surface area contributed by atoms with Gasteiger partial charge in [0.25, 0.3) is 0 Å². The van der Waals surface area contributed by atoms with Crippen molar-refractivity contribution in [2.75, 3.05) is 5.73 Å². The molecule has 2 rings (SSSR count). The summed E-state index contributed by atoms with van der Waals surface area (Å²) in [7, 11) is 0. The number of nitrogens with two attached hydrogens (primary N) is 1. The largest absolute Gasteiger partial charge is 0.478 e. The number of nitrogens with zero attached hydrogens (tertiary/aromatic N) is 1. The van der Waals surface area contributed by atoms with E-state index in [1.807, 2.05) is 0 Å². The number of halogens is 2. The molecule has 0 atom stereocenters. The van der Waals surface area contributed by atoms with Gasteiger partial charge in [-0.1, -0.05) is 0 Å². The summed E-state index contributed by atoms with van der Waals surface area (Å²) in [5.74, 6) is -1.61. The average Bonchev–Trinajstić information content (AvgIpc) is 2.36. The van der Waals surface area contributed by atoms with E-state index in [-0.39, 0.29) is 22.9 Å². The monoisotopic (exact) mass is 326 g/mol. The van der Waals surface area contributed by atoms with Crippen molar-refractivity contribution in [3.63, 3.8) is 0 Å². The fraction of sp³-hybridized carbons (Fsp3) is 0. The molecule has 0 saturated carbocycles.